The number of nitrogens with zero attached hydrogens (tertiary/aromatic N) is 4. The molecule has 1 fully saturated rings. The van der Waals surface area contributed by atoms with Crippen LogP contribution in [0.4, 0.5) is 0 Å². The first-order valence-electron chi connectivity index (χ1n) is 10.2. The largest absolute Gasteiger partial charge is 0.396 e. The number of rotatable bonds is 6. The highest BCUT2D eigenvalue weighted by Crippen LogP contribution is 2.28. The van der Waals surface area contributed by atoms with Gasteiger partial charge in [0.15, 0.2) is 0 Å². The van der Waals surface area contributed by atoms with Gasteiger partial charge in [-0.2, -0.15) is 0 Å². The Bertz CT molecular complexity index is 869. The smallest absolute Gasteiger partial charge is 0.261 e. The van der Waals surface area contributed by atoms with Gasteiger partial charge < -0.3 is 10.0 Å². The van der Waals surface area contributed by atoms with Gasteiger partial charge in [0.2, 0.25) is 0 Å². The monoisotopic (exact) mass is 450 g/mol. The minimum absolute atomic E-state index is 0.0237. The number of halogens is 1. The lowest BCUT2D eigenvalue weighted by Gasteiger charge is -2.33. The van der Waals surface area contributed by atoms with Crippen molar-refractivity contribution in [3.05, 3.63) is 38.9 Å². The molecule has 1 saturated heterocycles. The highest BCUT2D eigenvalue weighted by Gasteiger charge is 2.29. The van der Waals surface area contributed by atoms with Gasteiger partial charge in [0.05, 0.1) is 16.9 Å². The lowest BCUT2D eigenvalue weighted by atomic mass is 10.1. The molecule has 28 heavy (non-hydrogen) atoms. The van der Waals surface area contributed by atoms with Gasteiger partial charge >= 0.3 is 0 Å². The highest BCUT2D eigenvalue weighted by atomic mass is 79.9. The summed E-state index contributed by atoms with van der Waals surface area (Å²) in [5.41, 5.74) is 0.773. The third-order valence-corrected chi connectivity index (χ3v) is 6.15. The van der Waals surface area contributed by atoms with Crippen LogP contribution in [0.15, 0.2) is 27.5 Å². The summed E-state index contributed by atoms with van der Waals surface area (Å²) in [5.74, 6) is 1.07. The number of fused-ring (bicyclic) bond motifs is 1. The van der Waals surface area contributed by atoms with Crippen LogP contribution in [-0.4, -0.2) is 64.3 Å². The first kappa shape index (κ1) is 21.4. The van der Waals surface area contributed by atoms with Gasteiger partial charge in [0.1, 0.15) is 5.82 Å². The minimum atomic E-state index is 0.0237. The predicted octanol–water partition coefficient (Wildman–Crippen LogP) is 2.88. The quantitative estimate of drug-likeness (QED) is 0.732. The second-order valence-corrected chi connectivity index (χ2v) is 8.71. The minimum Gasteiger partial charge on any atom is -0.396 e. The molecule has 0 spiro atoms. The topological polar surface area (TPSA) is 61.6 Å². The number of likely N-dealkylation sites (N-methyl/N-ethyl adjacent to an activating group) is 1. The molecule has 1 unspecified atom stereocenters. The van der Waals surface area contributed by atoms with E-state index in [-0.39, 0.29) is 24.1 Å². The Morgan fingerprint density at radius 3 is 2.75 bits per heavy atom. The maximum absolute atomic E-state index is 13.2. The van der Waals surface area contributed by atoms with Crippen molar-refractivity contribution in [3.63, 3.8) is 0 Å². The molecule has 3 rings (SSSR count). The van der Waals surface area contributed by atoms with Crippen LogP contribution in [0.5, 0.6) is 0 Å². The summed E-state index contributed by atoms with van der Waals surface area (Å²) in [6, 6.07) is 5.79. The lowest BCUT2D eigenvalue weighted by molar-refractivity contribution is 0.133. The van der Waals surface area contributed by atoms with Gasteiger partial charge in [-0.15, -0.1) is 0 Å². The van der Waals surface area contributed by atoms with Gasteiger partial charge in [-0.1, -0.05) is 29.3 Å². The summed E-state index contributed by atoms with van der Waals surface area (Å²) in [6.45, 7) is 8.54. The zero-order valence-electron chi connectivity index (χ0n) is 17.1. The Balaban J connectivity index is 2.09. The van der Waals surface area contributed by atoms with E-state index in [2.05, 4.69) is 39.7 Å². The van der Waals surface area contributed by atoms with Crippen molar-refractivity contribution in [3.8, 4) is 0 Å². The van der Waals surface area contributed by atoms with E-state index >= 15 is 0 Å². The zero-order chi connectivity index (χ0) is 20.3. The Hall–Kier alpha value is -1.28. The van der Waals surface area contributed by atoms with Crippen LogP contribution in [0.25, 0.3) is 10.9 Å². The summed E-state index contributed by atoms with van der Waals surface area (Å²) in [5, 5.41) is 10.5. The van der Waals surface area contributed by atoms with Crippen molar-refractivity contribution >= 4 is 26.8 Å². The zero-order valence-corrected chi connectivity index (χ0v) is 18.7. The number of hydrogen-bond donors (Lipinski definition) is 1. The van der Waals surface area contributed by atoms with E-state index in [9.17, 15) is 9.90 Å². The van der Waals surface area contributed by atoms with E-state index in [1.54, 1.807) is 0 Å². The molecule has 1 aliphatic heterocycles. The maximum Gasteiger partial charge on any atom is 0.261 e. The van der Waals surface area contributed by atoms with Gasteiger partial charge in [-0.25, -0.2) is 4.98 Å². The van der Waals surface area contributed by atoms with Crippen LogP contribution >= 0.6 is 15.9 Å². The van der Waals surface area contributed by atoms with Crippen LogP contribution in [0.1, 0.15) is 38.6 Å². The van der Waals surface area contributed by atoms with Crippen molar-refractivity contribution in [1.82, 2.24) is 19.4 Å². The predicted molar refractivity (Wildman–Crippen MR) is 117 cm³/mol. The molecule has 1 N–H and O–H groups in total. The number of aliphatic hydroxyl groups is 1. The van der Waals surface area contributed by atoms with Gasteiger partial charge in [-0.3, -0.25) is 14.3 Å². The van der Waals surface area contributed by atoms with E-state index in [0.717, 1.165) is 54.8 Å². The molecule has 0 bridgehead atoms. The molecule has 0 aliphatic carbocycles. The van der Waals surface area contributed by atoms with Crippen molar-refractivity contribution in [1.29, 1.82) is 0 Å². The van der Waals surface area contributed by atoms with Crippen molar-refractivity contribution in [2.45, 2.75) is 39.3 Å². The molecule has 1 aromatic heterocycles. The van der Waals surface area contributed by atoms with Crippen LogP contribution < -0.4 is 5.56 Å². The highest BCUT2D eigenvalue weighted by molar-refractivity contribution is 9.10. The van der Waals surface area contributed by atoms with Gasteiger partial charge in [0.25, 0.3) is 5.56 Å². The summed E-state index contributed by atoms with van der Waals surface area (Å²) >= 11 is 3.46. The van der Waals surface area contributed by atoms with Crippen LogP contribution in [0, 0.1) is 5.92 Å². The Kier molecular flexibility index (Phi) is 7.25. The van der Waals surface area contributed by atoms with Gasteiger partial charge in [0, 0.05) is 49.7 Å². The number of aliphatic hydroxyl groups excluding tert-OH is 1. The molecule has 2 aromatic rings. The molecular formula is C21H31BrN4O2. The second-order valence-electron chi connectivity index (χ2n) is 7.79. The fourth-order valence-corrected chi connectivity index (χ4v) is 4.59. The van der Waals surface area contributed by atoms with E-state index in [1.165, 1.54) is 0 Å². The average molecular weight is 451 g/mol. The summed E-state index contributed by atoms with van der Waals surface area (Å²) in [7, 11) is 2.11. The molecule has 7 heteroatoms. The molecule has 0 radical (unpaired) electrons. The van der Waals surface area contributed by atoms with E-state index < -0.39 is 0 Å². The Morgan fingerprint density at radius 2 is 2.07 bits per heavy atom. The average Bonchev–Trinajstić information content (AvgIpc) is 2.88. The SMILES string of the molecule is CCC[C@H](c1nc2ccc(Br)cc2c(=O)n1CC)N1CCN(C)CC(CO)C1. The van der Waals surface area contributed by atoms with Crippen LogP contribution in [-0.2, 0) is 6.54 Å². The molecule has 1 aliphatic rings. The molecule has 2 atom stereocenters. The lowest BCUT2D eigenvalue weighted by Crippen LogP contribution is -2.38. The second kappa shape index (κ2) is 9.48. The molecule has 2 heterocycles. The molecule has 154 valence electrons. The summed E-state index contributed by atoms with van der Waals surface area (Å²) in [6.07, 6.45) is 1.95. The summed E-state index contributed by atoms with van der Waals surface area (Å²) in [4.78, 5) is 22.9. The molecular weight excluding hydrogens is 420 g/mol. The number of aromatic nitrogens is 2. The normalized spacial score (nSPS) is 20.4. The van der Waals surface area contributed by atoms with Crippen molar-refractivity contribution < 1.29 is 5.11 Å². The Labute approximate surface area is 175 Å². The first-order chi connectivity index (χ1) is 13.5. The third kappa shape index (κ3) is 4.48. The molecule has 0 saturated carbocycles. The molecule has 6 nitrogen and oxygen atoms in total. The Morgan fingerprint density at radius 1 is 1.29 bits per heavy atom. The maximum atomic E-state index is 13.2. The number of benzene rings is 1. The first-order valence-corrected chi connectivity index (χ1v) is 11.0. The molecule has 0 amide bonds. The van der Waals surface area contributed by atoms with Crippen molar-refractivity contribution in [2.24, 2.45) is 5.92 Å². The van der Waals surface area contributed by atoms with Gasteiger partial charge in [-0.05, 0) is 38.6 Å². The number of hydrogen-bond acceptors (Lipinski definition) is 5. The van der Waals surface area contributed by atoms with Crippen LogP contribution in [0.2, 0.25) is 0 Å². The van der Waals surface area contributed by atoms with Crippen LogP contribution in [0.3, 0.4) is 0 Å². The van der Waals surface area contributed by atoms with Crippen molar-refractivity contribution in [2.75, 3.05) is 39.8 Å². The standard InChI is InChI=1S/C21H31BrN4O2/c1-4-6-19(25-10-9-24(3)12-15(13-25)14-27)20-23-18-8-7-16(22)11-17(18)21(28)26(20)5-2/h7-8,11,15,19,27H,4-6,9-10,12-14H2,1-3H3/t15?,19-/m1/s1. The van der Waals surface area contributed by atoms with E-state index in [4.69, 9.17) is 4.98 Å². The van der Waals surface area contributed by atoms with E-state index in [0.29, 0.717) is 11.9 Å². The molecule has 1 aromatic carbocycles. The fourth-order valence-electron chi connectivity index (χ4n) is 4.23. The van der Waals surface area contributed by atoms with E-state index in [1.807, 2.05) is 29.7 Å². The fraction of sp³-hybridized carbons (Fsp3) is 0.619. The third-order valence-electron chi connectivity index (χ3n) is 5.65. The summed E-state index contributed by atoms with van der Waals surface area (Å²) < 4.78 is 2.72.